The number of hydrogen-bond donors (Lipinski definition) is 2. The third-order valence-electron chi connectivity index (χ3n) is 3.37. The van der Waals surface area contributed by atoms with Gasteiger partial charge in [0.25, 0.3) is 0 Å². The van der Waals surface area contributed by atoms with Gasteiger partial charge in [-0.1, -0.05) is 58.3 Å². The van der Waals surface area contributed by atoms with Crippen molar-refractivity contribution < 1.29 is 24.5 Å². The molecule has 5 nitrogen and oxygen atoms in total. The van der Waals surface area contributed by atoms with E-state index in [4.69, 9.17) is 9.84 Å². The predicted octanol–water partition coefficient (Wildman–Crippen LogP) is 3.29. The van der Waals surface area contributed by atoms with Crippen LogP contribution in [0.15, 0.2) is 0 Å². The molecule has 0 aliphatic rings. The molecule has 2 N–H and O–H groups in total. The highest BCUT2D eigenvalue weighted by Crippen LogP contribution is 2.11. The van der Waals surface area contributed by atoms with E-state index in [-0.39, 0.29) is 19.4 Å². The van der Waals surface area contributed by atoms with Crippen molar-refractivity contribution in [1.29, 1.82) is 0 Å². The lowest BCUT2D eigenvalue weighted by molar-refractivity contribution is -0.150. The van der Waals surface area contributed by atoms with Crippen LogP contribution in [0.3, 0.4) is 0 Å². The number of rotatable bonds is 14. The number of carboxylic acids is 1. The summed E-state index contributed by atoms with van der Waals surface area (Å²) >= 11 is 0. The molecule has 0 aliphatic carbocycles. The SMILES string of the molecule is CCCCCCCCCCC(O)COC(=O)CCC(=O)O. The largest absolute Gasteiger partial charge is 0.481 e. The zero-order chi connectivity index (χ0) is 15.9. The second-order valence-electron chi connectivity index (χ2n) is 5.49. The summed E-state index contributed by atoms with van der Waals surface area (Å²) in [6.07, 6.45) is 9.26. The Morgan fingerprint density at radius 1 is 0.952 bits per heavy atom. The summed E-state index contributed by atoms with van der Waals surface area (Å²) in [6, 6.07) is 0. The van der Waals surface area contributed by atoms with E-state index in [2.05, 4.69) is 6.92 Å². The molecule has 0 saturated carbocycles. The zero-order valence-electron chi connectivity index (χ0n) is 13.2. The number of carboxylic acid groups (broad SMARTS) is 1. The first kappa shape index (κ1) is 19.9. The van der Waals surface area contributed by atoms with Gasteiger partial charge in [0.05, 0.1) is 18.9 Å². The van der Waals surface area contributed by atoms with Crippen molar-refractivity contribution in [3.63, 3.8) is 0 Å². The molecule has 0 saturated heterocycles. The lowest BCUT2D eigenvalue weighted by atomic mass is 10.1. The van der Waals surface area contributed by atoms with Gasteiger partial charge >= 0.3 is 11.9 Å². The third-order valence-corrected chi connectivity index (χ3v) is 3.37. The summed E-state index contributed by atoms with van der Waals surface area (Å²) in [6.45, 7) is 2.17. The number of carbonyl (C=O) groups is 2. The van der Waals surface area contributed by atoms with E-state index < -0.39 is 18.0 Å². The van der Waals surface area contributed by atoms with Crippen LogP contribution in [0.4, 0.5) is 0 Å². The third kappa shape index (κ3) is 15.1. The minimum atomic E-state index is -1.02. The highest BCUT2D eigenvalue weighted by atomic mass is 16.5. The van der Waals surface area contributed by atoms with E-state index in [0.29, 0.717) is 6.42 Å². The molecular formula is C16H30O5. The van der Waals surface area contributed by atoms with Gasteiger partial charge in [-0.05, 0) is 6.42 Å². The molecular weight excluding hydrogens is 272 g/mol. The maximum atomic E-state index is 11.2. The van der Waals surface area contributed by atoms with Gasteiger partial charge in [-0.2, -0.15) is 0 Å². The molecule has 124 valence electrons. The molecule has 5 heteroatoms. The molecule has 21 heavy (non-hydrogen) atoms. The first-order valence-corrected chi connectivity index (χ1v) is 8.11. The van der Waals surface area contributed by atoms with Crippen LogP contribution in [-0.2, 0) is 14.3 Å². The molecule has 0 amide bonds. The Balaban J connectivity index is 3.35. The second kappa shape index (κ2) is 13.9. The van der Waals surface area contributed by atoms with Crippen LogP contribution in [0.1, 0.15) is 77.6 Å². The van der Waals surface area contributed by atoms with E-state index in [1.54, 1.807) is 0 Å². The Bertz CT molecular complexity index is 278. The predicted molar refractivity (Wildman–Crippen MR) is 81.1 cm³/mol. The summed E-state index contributed by atoms with van der Waals surface area (Å²) in [5.74, 6) is -1.58. The van der Waals surface area contributed by atoms with Crippen molar-refractivity contribution in [2.45, 2.75) is 83.7 Å². The maximum absolute atomic E-state index is 11.2. The fourth-order valence-corrected chi connectivity index (χ4v) is 2.07. The minimum Gasteiger partial charge on any atom is -0.481 e. The molecule has 0 rings (SSSR count). The molecule has 0 aromatic rings. The topological polar surface area (TPSA) is 83.8 Å². The van der Waals surface area contributed by atoms with Gasteiger partial charge in [0.2, 0.25) is 0 Å². The number of ether oxygens (including phenoxy) is 1. The van der Waals surface area contributed by atoms with E-state index in [1.807, 2.05) is 0 Å². The normalized spacial score (nSPS) is 12.1. The lowest BCUT2D eigenvalue weighted by Crippen LogP contribution is -2.19. The Labute approximate surface area is 127 Å². The van der Waals surface area contributed by atoms with Crippen molar-refractivity contribution >= 4 is 11.9 Å². The van der Waals surface area contributed by atoms with Crippen molar-refractivity contribution in [1.82, 2.24) is 0 Å². The fraction of sp³-hybridized carbons (Fsp3) is 0.875. The minimum absolute atomic E-state index is 0.0328. The van der Waals surface area contributed by atoms with Gasteiger partial charge < -0.3 is 14.9 Å². The van der Waals surface area contributed by atoms with Crippen LogP contribution in [0.25, 0.3) is 0 Å². The van der Waals surface area contributed by atoms with E-state index >= 15 is 0 Å². The molecule has 0 aromatic carbocycles. The molecule has 0 heterocycles. The number of aliphatic carboxylic acids is 1. The van der Waals surface area contributed by atoms with Gasteiger partial charge in [-0.15, -0.1) is 0 Å². The average molecular weight is 302 g/mol. The fourth-order valence-electron chi connectivity index (χ4n) is 2.07. The van der Waals surface area contributed by atoms with Gasteiger partial charge in [0.15, 0.2) is 0 Å². The first-order chi connectivity index (χ1) is 10.1. The Morgan fingerprint density at radius 2 is 1.52 bits per heavy atom. The van der Waals surface area contributed by atoms with Crippen LogP contribution < -0.4 is 0 Å². The summed E-state index contributed by atoms with van der Waals surface area (Å²) in [5.41, 5.74) is 0. The lowest BCUT2D eigenvalue weighted by Gasteiger charge is -2.11. The molecule has 1 unspecified atom stereocenters. The van der Waals surface area contributed by atoms with Crippen LogP contribution in [0.5, 0.6) is 0 Å². The highest BCUT2D eigenvalue weighted by Gasteiger charge is 2.10. The molecule has 1 atom stereocenters. The van der Waals surface area contributed by atoms with Gasteiger partial charge in [-0.3, -0.25) is 9.59 Å². The van der Waals surface area contributed by atoms with E-state index in [0.717, 1.165) is 12.8 Å². The molecule has 0 aliphatic heterocycles. The maximum Gasteiger partial charge on any atom is 0.306 e. The van der Waals surface area contributed by atoms with Gasteiger partial charge in [0, 0.05) is 0 Å². The van der Waals surface area contributed by atoms with Gasteiger partial charge in [-0.25, -0.2) is 0 Å². The molecule has 0 spiro atoms. The Morgan fingerprint density at radius 3 is 2.10 bits per heavy atom. The van der Waals surface area contributed by atoms with Crippen LogP contribution >= 0.6 is 0 Å². The standard InChI is InChI=1S/C16H30O5/c1-2-3-4-5-6-7-8-9-10-14(17)13-21-16(20)12-11-15(18)19/h14,17H,2-13H2,1H3,(H,18,19). The van der Waals surface area contributed by atoms with Crippen molar-refractivity contribution in [2.75, 3.05) is 6.61 Å². The van der Waals surface area contributed by atoms with Crippen LogP contribution in [0.2, 0.25) is 0 Å². The van der Waals surface area contributed by atoms with Crippen LogP contribution in [0, 0.1) is 0 Å². The molecule has 0 radical (unpaired) electrons. The second-order valence-corrected chi connectivity index (χ2v) is 5.49. The zero-order valence-corrected chi connectivity index (χ0v) is 13.2. The molecule has 0 bridgehead atoms. The monoisotopic (exact) mass is 302 g/mol. The number of esters is 1. The summed E-state index contributed by atoms with van der Waals surface area (Å²) in [4.78, 5) is 21.4. The number of unbranched alkanes of at least 4 members (excludes halogenated alkanes) is 7. The number of aliphatic hydroxyl groups excluding tert-OH is 1. The highest BCUT2D eigenvalue weighted by molar-refractivity contribution is 5.76. The average Bonchev–Trinajstić information content (AvgIpc) is 2.45. The quantitative estimate of drug-likeness (QED) is 0.380. The molecule has 0 aromatic heterocycles. The number of carbonyl (C=O) groups excluding carboxylic acids is 1. The van der Waals surface area contributed by atoms with Crippen LogP contribution in [-0.4, -0.2) is 34.9 Å². The summed E-state index contributed by atoms with van der Waals surface area (Å²) in [7, 11) is 0. The number of aliphatic hydroxyl groups is 1. The van der Waals surface area contributed by atoms with E-state index in [1.165, 1.54) is 38.5 Å². The smallest absolute Gasteiger partial charge is 0.306 e. The summed E-state index contributed by atoms with van der Waals surface area (Å²) < 4.78 is 4.82. The summed E-state index contributed by atoms with van der Waals surface area (Å²) in [5, 5.41) is 18.1. The number of hydrogen-bond acceptors (Lipinski definition) is 4. The molecule has 0 fully saturated rings. The first-order valence-electron chi connectivity index (χ1n) is 8.11. The van der Waals surface area contributed by atoms with Gasteiger partial charge in [0.1, 0.15) is 6.61 Å². The Hall–Kier alpha value is -1.10. The van der Waals surface area contributed by atoms with E-state index in [9.17, 15) is 14.7 Å². The van der Waals surface area contributed by atoms with Crippen molar-refractivity contribution in [3.8, 4) is 0 Å². The van der Waals surface area contributed by atoms with Crippen molar-refractivity contribution in [2.24, 2.45) is 0 Å². The van der Waals surface area contributed by atoms with Crippen molar-refractivity contribution in [3.05, 3.63) is 0 Å². The Kier molecular flexibility index (Phi) is 13.1.